The highest BCUT2D eigenvalue weighted by atomic mass is 32.2. The molecular weight excluding hydrogens is 567 g/mol. The third kappa shape index (κ3) is 6.46. The predicted octanol–water partition coefficient (Wildman–Crippen LogP) is 4.28. The first-order valence-electron chi connectivity index (χ1n) is 14.8. The maximum atomic E-state index is 15.4. The number of allylic oxidation sites excluding steroid dienone is 1. The lowest BCUT2D eigenvalue weighted by atomic mass is 10.0. The largest absolute Gasteiger partial charge is 0.369 e. The Kier molecular flexibility index (Phi) is 8.25. The third-order valence-corrected chi connectivity index (χ3v) is 9.87. The summed E-state index contributed by atoms with van der Waals surface area (Å²) in [6.45, 7) is 6.12. The summed E-state index contributed by atoms with van der Waals surface area (Å²) in [5.74, 6) is 0.594. The van der Waals surface area contributed by atoms with Gasteiger partial charge in [0.15, 0.2) is 0 Å². The molecule has 2 fully saturated rings. The number of hydrogen-bond acceptors (Lipinski definition) is 9. The van der Waals surface area contributed by atoms with Gasteiger partial charge in [-0.2, -0.15) is 4.98 Å². The van der Waals surface area contributed by atoms with E-state index in [2.05, 4.69) is 37.4 Å². The van der Waals surface area contributed by atoms with Crippen molar-refractivity contribution in [3.05, 3.63) is 65.6 Å². The van der Waals surface area contributed by atoms with E-state index in [0.717, 1.165) is 69.6 Å². The van der Waals surface area contributed by atoms with Crippen molar-refractivity contribution in [3.8, 4) is 0 Å². The average molecular weight is 607 g/mol. The molecule has 2 N–H and O–H groups in total. The van der Waals surface area contributed by atoms with E-state index in [1.54, 1.807) is 18.2 Å². The first kappa shape index (κ1) is 29.3. The molecule has 2 aliphatic heterocycles. The third-order valence-electron chi connectivity index (χ3n) is 8.68. The minimum Gasteiger partial charge on any atom is -0.369 e. The van der Waals surface area contributed by atoms with Gasteiger partial charge in [0.25, 0.3) is 0 Å². The minimum atomic E-state index is -3.47. The van der Waals surface area contributed by atoms with Crippen LogP contribution in [-0.2, 0) is 16.4 Å². The highest BCUT2D eigenvalue weighted by molar-refractivity contribution is 7.92. The molecule has 0 amide bonds. The van der Waals surface area contributed by atoms with Crippen molar-refractivity contribution >= 4 is 50.6 Å². The van der Waals surface area contributed by atoms with Crippen molar-refractivity contribution in [1.82, 2.24) is 19.8 Å². The molecule has 228 valence electrons. The molecule has 43 heavy (non-hydrogen) atoms. The molecule has 3 heterocycles. The molecule has 0 spiro atoms. The topological polar surface area (TPSA) is 96.9 Å². The zero-order chi connectivity index (χ0) is 30.1. The van der Waals surface area contributed by atoms with Crippen LogP contribution in [0.3, 0.4) is 0 Å². The number of nitrogens with zero attached hydrogens (tertiary/aromatic N) is 6. The van der Waals surface area contributed by atoms with Gasteiger partial charge in [0.1, 0.15) is 11.6 Å². The summed E-state index contributed by atoms with van der Waals surface area (Å²) in [7, 11) is 0.224. The number of aromatic nitrogens is 2. The smallest absolute Gasteiger partial charge is 0.232 e. The fourth-order valence-electron chi connectivity index (χ4n) is 6.08. The Labute approximate surface area is 253 Å². The molecule has 12 heteroatoms. The number of piperazine rings is 1. The van der Waals surface area contributed by atoms with Crippen molar-refractivity contribution < 1.29 is 12.8 Å². The summed E-state index contributed by atoms with van der Waals surface area (Å²) < 4.78 is 41.1. The molecule has 1 aromatic heterocycles. The van der Waals surface area contributed by atoms with Gasteiger partial charge < -0.3 is 20.4 Å². The molecule has 3 aliphatic rings. The Morgan fingerprint density at radius 1 is 0.977 bits per heavy atom. The molecule has 0 bridgehead atoms. The van der Waals surface area contributed by atoms with Gasteiger partial charge in [0.2, 0.25) is 16.0 Å². The van der Waals surface area contributed by atoms with Gasteiger partial charge in [-0.1, -0.05) is 24.3 Å². The van der Waals surface area contributed by atoms with Crippen LogP contribution in [0.5, 0.6) is 0 Å². The maximum Gasteiger partial charge on any atom is 0.232 e. The minimum absolute atomic E-state index is 0.276. The van der Waals surface area contributed by atoms with Crippen LogP contribution in [0.25, 0.3) is 6.08 Å². The summed E-state index contributed by atoms with van der Waals surface area (Å²) in [4.78, 5) is 16.5. The lowest BCUT2D eigenvalue weighted by Crippen LogP contribution is -2.52. The van der Waals surface area contributed by atoms with Crippen LogP contribution in [0.2, 0.25) is 0 Å². The molecule has 2 saturated heterocycles. The lowest BCUT2D eigenvalue weighted by Gasteiger charge is -2.42. The second-order valence-electron chi connectivity index (χ2n) is 11.6. The molecule has 0 atom stereocenters. The number of halogens is 1. The standard InChI is InChI=1S/C31H39FN8O2S/c1-37-17-19-39(20-18-37)23-13-15-40(16-14-23)28-12-11-22(21-25(28)32)33-31-35-26-9-6-7-24(26)30(36-31)34-27-8-4-5-10-29(27)38(2)43(3,41)42/h4-8,10-12,21,23H,9,13-20H2,1-3H3,(H2,33,34,35,36). The van der Waals surface area contributed by atoms with E-state index in [1.165, 1.54) is 17.4 Å². The Morgan fingerprint density at radius 2 is 1.72 bits per heavy atom. The van der Waals surface area contributed by atoms with Crippen molar-refractivity contribution in [2.24, 2.45) is 0 Å². The SMILES string of the molecule is CN1CCN(C2CCN(c3ccc(Nc4nc5c(c(Nc6ccccc6N(C)S(C)(=O)=O)n4)C=CC5)cc3F)CC2)CC1. The molecule has 1 aliphatic carbocycles. The zero-order valence-corrected chi connectivity index (χ0v) is 25.7. The fraction of sp³-hybridized carbons (Fsp3) is 0.419. The normalized spacial score (nSPS) is 18.1. The van der Waals surface area contributed by atoms with E-state index in [-0.39, 0.29) is 5.82 Å². The Hall–Kier alpha value is -3.74. The van der Waals surface area contributed by atoms with Gasteiger partial charge in [-0.05, 0) is 50.2 Å². The molecule has 2 aromatic carbocycles. The Morgan fingerprint density at radius 3 is 2.44 bits per heavy atom. The summed E-state index contributed by atoms with van der Waals surface area (Å²) >= 11 is 0. The molecule has 0 unspecified atom stereocenters. The Balaban J connectivity index is 1.17. The van der Waals surface area contributed by atoms with E-state index >= 15 is 4.39 Å². The first-order chi connectivity index (χ1) is 20.7. The number of hydrogen-bond donors (Lipinski definition) is 2. The second-order valence-corrected chi connectivity index (χ2v) is 13.6. The van der Waals surface area contributed by atoms with Crippen molar-refractivity contribution in [2.75, 3.05) is 79.5 Å². The van der Waals surface area contributed by atoms with Crippen LogP contribution in [-0.4, -0.2) is 93.8 Å². The van der Waals surface area contributed by atoms with Gasteiger partial charge in [-0.15, -0.1) is 0 Å². The van der Waals surface area contributed by atoms with Gasteiger partial charge in [-0.3, -0.25) is 9.21 Å². The quantitative estimate of drug-likeness (QED) is 0.390. The maximum absolute atomic E-state index is 15.4. The second kappa shape index (κ2) is 12.1. The lowest BCUT2D eigenvalue weighted by molar-refractivity contribution is 0.0981. The molecular formula is C31H39FN8O2S. The zero-order valence-electron chi connectivity index (χ0n) is 24.9. The van der Waals surface area contributed by atoms with Crippen LogP contribution in [0, 0.1) is 5.82 Å². The van der Waals surface area contributed by atoms with Crippen molar-refractivity contribution in [1.29, 1.82) is 0 Å². The molecule has 3 aromatic rings. The van der Waals surface area contributed by atoms with Crippen molar-refractivity contribution in [2.45, 2.75) is 25.3 Å². The van der Waals surface area contributed by atoms with Gasteiger partial charge >= 0.3 is 0 Å². The molecule has 0 radical (unpaired) electrons. The number of anilines is 6. The van der Waals surface area contributed by atoms with Crippen molar-refractivity contribution in [3.63, 3.8) is 0 Å². The average Bonchev–Trinajstić information content (AvgIpc) is 3.46. The monoisotopic (exact) mass is 606 g/mol. The summed E-state index contributed by atoms with van der Waals surface area (Å²) in [6.07, 6.45) is 7.84. The summed E-state index contributed by atoms with van der Waals surface area (Å²) in [6, 6.07) is 12.9. The van der Waals surface area contributed by atoms with Gasteiger partial charge in [0.05, 0.1) is 29.0 Å². The molecule has 0 saturated carbocycles. The summed E-state index contributed by atoms with van der Waals surface area (Å²) in [5, 5.41) is 6.49. The van der Waals surface area contributed by atoms with Crippen LogP contribution in [0.4, 0.5) is 38.9 Å². The van der Waals surface area contributed by atoms with E-state index in [0.29, 0.717) is 47.0 Å². The number of likely N-dealkylation sites (N-methyl/N-ethyl adjacent to an activating group) is 1. The van der Waals surface area contributed by atoms with Crippen LogP contribution in [0.1, 0.15) is 24.1 Å². The van der Waals surface area contributed by atoms with E-state index in [9.17, 15) is 8.42 Å². The number of para-hydroxylation sites is 2. The predicted molar refractivity (Wildman–Crippen MR) is 172 cm³/mol. The Bertz CT molecular complexity index is 1620. The first-order valence-corrected chi connectivity index (χ1v) is 16.6. The number of piperidine rings is 1. The molecule has 6 rings (SSSR count). The number of nitrogens with one attached hydrogen (secondary N) is 2. The highest BCUT2D eigenvalue weighted by Crippen LogP contribution is 2.34. The molecule has 10 nitrogen and oxygen atoms in total. The number of fused-ring (bicyclic) bond motifs is 1. The van der Waals surface area contributed by atoms with E-state index < -0.39 is 10.0 Å². The van der Waals surface area contributed by atoms with Gasteiger partial charge in [0, 0.05) is 70.0 Å². The fourth-order valence-corrected chi connectivity index (χ4v) is 6.59. The van der Waals surface area contributed by atoms with E-state index in [4.69, 9.17) is 4.98 Å². The summed E-state index contributed by atoms with van der Waals surface area (Å²) in [5.41, 5.74) is 3.93. The van der Waals surface area contributed by atoms with Gasteiger partial charge in [-0.25, -0.2) is 17.8 Å². The highest BCUT2D eigenvalue weighted by Gasteiger charge is 2.28. The van der Waals surface area contributed by atoms with Crippen LogP contribution < -0.4 is 19.8 Å². The van der Waals surface area contributed by atoms with E-state index in [1.807, 2.05) is 30.4 Å². The number of rotatable bonds is 8. The number of sulfonamides is 1. The number of benzene rings is 2. The van der Waals surface area contributed by atoms with Crippen LogP contribution in [0.15, 0.2) is 48.5 Å². The van der Waals surface area contributed by atoms with Crippen LogP contribution >= 0.6 is 0 Å².